The first-order valence-corrected chi connectivity index (χ1v) is 10.1. The third kappa shape index (κ3) is 3.90. The lowest BCUT2D eigenvalue weighted by molar-refractivity contribution is 0.284. The van der Waals surface area contributed by atoms with Crippen molar-refractivity contribution in [1.82, 2.24) is 20.2 Å². The Morgan fingerprint density at radius 1 is 1.00 bits per heavy atom. The topological polar surface area (TPSA) is 74.1 Å². The number of hydrogen-bond acceptors (Lipinski definition) is 6. The average Bonchev–Trinajstić information content (AvgIpc) is 3.32. The minimum atomic E-state index is -0.290. The first-order chi connectivity index (χ1) is 15.7. The molecule has 0 radical (unpaired) electrons. The first-order valence-electron chi connectivity index (χ1n) is 10.1. The minimum Gasteiger partial charge on any atom is -0.493 e. The molecule has 0 bridgehead atoms. The Morgan fingerprint density at radius 2 is 1.81 bits per heavy atom. The molecule has 4 aromatic rings. The number of nitrogens with one attached hydrogen (secondary N) is 1. The van der Waals surface area contributed by atoms with Gasteiger partial charge in [0.05, 0.1) is 7.11 Å². The molecule has 1 aliphatic rings. The molecule has 0 spiro atoms. The maximum absolute atomic E-state index is 13.4. The highest BCUT2D eigenvalue weighted by atomic mass is 19.1. The lowest BCUT2D eigenvalue weighted by Crippen LogP contribution is -2.20. The second kappa shape index (κ2) is 8.50. The summed E-state index contributed by atoms with van der Waals surface area (Å²) in [7, 11) is 1.61. The van der Waals surface area contributed by atoms with Crippen molar-refractivity contribution in [1.29, 1.82) is 0 Å². The third-order valence-electron chi connectivity index (χ3n) is 5.25. The molecule has 0 unspecified atom stereocenters. The number of halogens is 1. The molecule has 2 heterocycles. The van der Waals surface area contributed by atoms with Crippen molar-refractivity contribution in [2.45, 2.75) is 12.6 Å². The van der Waals surface area contributed by atoms with E-state index in [1.807, 2.05) is 54.6 Å². The Balaban J connectivity index is 1.50. The zero-order valence-corrected chi connectivity index (χ0v) is 17.3. The fourth-order valence-corrected chi connectivity index (χ4v) is 3.61. The van der Waals surface area contributed by atoms with Gasteiger partial charge in [-0.3, -0.25) is 0 Å². The molecular weight excluding hydrogens is 409 g/mol. The molecule has 7 nitrogen and oxygen atoms in total. The summed E-state index contributed by atoms with van der Waals surface area (Å²) in [6.07, 6.45) is 2.00. The van der Waals surface area contributed by atoms with Crippen LogP contribution in [0.5, 0.6) is 11.5 Å². The highest BCUT2D eigenvalue weighted by molar-refractivity contribution is 5.77. The monoisotopic (exact) mass is 429 g/mol. The number of tetrazole rings is 1. The van der Waals surface area contributed by atoms with Crippen molar-refractivity contribution >= 4 is 11.6 Å². The van der Waals surface area contributed by atoms with E-state index in [1.54, 1.807) is 23.9 Å². The second-order valence-corrected chi connectivity index (χ2v) is 7.29. The van der Waals surface area contributed by atoms with Gasteiger partial charge < -0.3 is 14.8 Å². The summed E-state index contributed by atoms with van der Waals surface area (Å²) >= 11 is 0. The molecule has 3 aromatic carbocycles. The molecule has 0 saturated carbocycles. The lowest BCUT2D eigenvalue weighted by Gasteiger charge is -2.24. The molecule has 0 amide bonds. The van der Waals surface area contributed by atoms with Gasteiger partial charge in [-0.2, -0.15) is 4.68 Å². The molecule has 160 valence electrons. The van der Waals surface area contributed by atoms with Gasteiger partial charge in [-0.05, 0) is 69.6 Å². The van der Waals surface area contributed by atoms with Crippen LogP contribution in [0.15, 0.2) is 78.9 Å². The van der Waals surface area contributed by atoms with Gasteiger partial charge in [-0.1, -0.05) is 41.5 Å². The van der Waals surface area contributed by atoms with Crippen molar-refractivity contribution in [3.8, 4) is 11.5 Å². The summed E-state index contributed by atoms with van der Waals surface area (Å²) in [5, 5.41) is 15.2. The average molecular weight is 429 g/mol. The van der Waals surface area contributed by atoms with Crippen LogP contribution in [0.3, 0.4) is 0 Å². The van der Waals surface area contributed by atoms with Crippen LogP contribution in [-0.4, -0.2) is 27.3 Å². The number of anilines is 1. The van der Waals surface area contributed by atoms with Crippen LogP contribution in [-0.2, 0) is 6.61 Å². The van der Waals surface area contributed by atoms with Crippen LogP contribution in [0.25, 0.3) is 5.70 Å². The predicted molar refractivity (Wildman–Crippen MR) is 118 cm³/mol. The largest absolute Gasteiger partial charge is 0.493 e. The fourth-order valence-electron chi connectivity index (χ4n) is 3.61. The number of aromatic nitrogens is 4. The van der Waals surface area contributed by atoms with Crippen molar-refractivity contribution in [3.63, 3.8) is 0 Å². The van der Waals surface area contributed by atoms with E-state index in [4.69, 9.17) is 9.47 Å². The maximum atomic E-state index is 13.4. The van der Waals surface area contributed by atoms with E-state index < -0.39 is 0 Å². The van der Waals surface area contributed by atoms with E-state index in [0.717, 1.165) is 22.4 Å². The lowest BCUT2D eigenvalue weighted by atomic mass is 10.0. The fraction of sp³-hybridized carbons (Fsp3) is 0.125. The summed E-state index contributed by atoms with van der Waals surface area (Å²) in [6.45, 7) is 0.416. The number of methoxy groups -OCH3 is 1. The molecule has 8 heteroatoms. The molecule has 1 N–H and O–H groups in total. The second-order valence-electron chi connectivity index (χ2n) is 7.29. The normalized spacial score (nSPS) is 14.8. The van der Waals surface area contributed by atoms with Gasteiger partial charge in [0.15, 0.2) is 11.5 Å². The molecule has 5 rings (SSSR count). The van der Waals surface area contributed by atoms with Crippen LogP contribution in [0, 0.1) is 5.82 Å². The zero-order chi connectivity index (χ0) is 21.9. The van der Waals surface area contributed by atoms with Crippen LogP contribution < -0.4 is 14.8 Å². The van der Waals surface area contributed by atoms with Crippen molar-refractivity contribution in [3.05, 3.63) is 101 Å². The zero-order valence-electron chi connectivity index (χ0n) is 17.3. The summed E-state index contributed by atoms with van der Waals surface area (Å²) in [6, 6.07) is 21.7. The Bertz CT molecular complexity index is 1260. The van der Waals surface area contributed by atoms with E-state index in [2.05, 4.69) is 20.8 Å². The van der Waals surface area contributed by atoms with Crippen molar-refractivity contribution in [2.75, 3.05) is 12.4 Å². The van der Waals surface area contributed by atoms with Crippen LogP contribution in [0.4, 0.5) is 10.3 Å². The summed E-state index contributed by atoms with van der Waals surface area (Å²) in [5.74, 6) is 1.47. The Labute approximate surface area is 184 Å². The van der Waals surface area contributed by atoms with Gasteiger partial charge in [0.25, 0.3) is 0 Å². The standard InChI is InChI=1S/C24H20FN5O2/c1-31-22-12-9-18(13-23(22)32-15-16-5-3-2-4-6-16)21-14-20(17-7-10-19(25)11-8-17)26-24-27-28-29-30(21)24/h2-14,21H,15H2,1H3,(H,26,27,29)/t21-/m1/s1. The van der Waals surface area contributed by atoms with Crippen LogP contribution >= 0.6 is 0 Å². The van der Waals surface area contributed by atoms with Gasteiger partial charge >= 0.3 is 0 Å². The first kappa shape index (κ1) is 19.7. The van der Waals surface area contributed by atoms with Crippen molar-refractivity contribution in [2.24, 2.45) is 0 Å². The number of rotatable bonds is 6. The highest BCUT2D eigenvalue weighted by Crippen LogP contribution is 2.36. The van der Waals surface area contributed by atoms with E-state index >= 15 is 0 Å². The number of fused-ring (bicyclic) bond motifs is 1. The summed E-state index contributed by atoms with van der Waals surface area (Å²) < 4.78 is 26.7. The molecule has 1 atom stereocenters. The molecule has 0 aliphatic carbocycles. The number of allylic oxidation sites excluding steroid dienone is 1. The smallest absolute Gasteiger partial charge is 0.248 e. The predicted octanol–water partition coefficient (Wildman–Crippen LogP) is 4.46. The molecule has 0 saturated heterocycles. The van der Waals surface area contributed by atoms with E-state index in [0.29, 0.717) is 24.1 Å². The SMILES string of the molecule is COc1ccc([C@H]2C=C(c3ccc(F)cc3)Nc3nnnn32)cc1OCc1ccccc1. The molecular formula is C24H20FN5O2. The number of hydrogen-bond donors (Lipinski definition) is 1. The Hall–Kier alpha value is -4.20. The molecule has 32 heavy (non-hydrogen) atoms. The van der Waals surface area contributed by atoms with Crippen LogP contribution in [0.2, 0.25) is 0 Å². The van der Waals surface area contributed by atoms with Gasteiger partial charge in [-0.25, -0.2) is 4.39 Å². The van der Waals surface area contributed by atoms with Gasteiger partial charge in [0, 0.05) is 5.70 Å². The Morgan fingerprint density at radius 3 is 2.59 bits per heavy atom. The number of ether oxygens (including phenoxy) is 2. The van der Waals surface area contributed by atoms with Crippen molar-refractivity contribution < 1.29 is 13.9 Å². The molecule has 1 aromatic heterocycles. The van der Waals surface area contributed by atoms with E-state index in [1.165, 1.54) is 12.1 Å². The minimum absolute atomic E-state index is 0.286. The van der Waals surface area contributed by atoms with Gasteiger partial charge in [0.2, 0.25) is 5.95 Å². The van der Waals surface area contributed by atoms with E-state index in [9.17, 15) is 4.39 Å². The van der Waals surface area contributed by atoms with Gasteiger partial charge in [0.1, 0.15) is 18.5 Å². The van der Waals surface area contributed by atoms with Crippen LogP contribution in [0.1, 0.15) is 22.7 Å². The maximum Gasteiger partial charge on any atom is 0.248 e. The summed E-state index contributed by atoms with van der Waals surface area (Å²) in [5.41, 5.74) is 3.60. The Kier molecular flexibility index (Phi) is 5.25. The third-order valence-corrected chi connectivity index (χ3v) is 5.25. The number of nitrogens with zero attached hydrogens (tertiary/aromatic N) is 4. The molecule has 0 fully saturated rings. The van der Waals surface area contributed by atoms with E-state index in [-0.39, 0.29) is 11.9 Å². The quantitative estimate of drug-likeness (QED) is 0.488. The van der Waals surface area contributed by atoms with Gasteiger partial charge in [-0.15, -0.1) is 0 Å². The number of benzene rings is 3. The summed E-state index contributed by atoms with van der Waals surface area (Å²) in [4.78, 5) is 0. The highest BCUT2D eigenvalue weighted by Gasteiger charge is 2.25. The molecule has 1 aliphatic heterocycles.